The maximum absolute atomic E-state index is 15.3. The molecule has 0 aromatic rings. The number of ether oxygens (including phenoxy) is 2. The van der Waals surface area contributed by atoms with E-state index in [1.807, 2.05) is 93.2 Å². The van der Waals surface area contributed by atoms with Gasteiger partial charge >= 0.3 is 0 Å². The number of carbonyl (C=O) groups is 11. The predicted molar refractivity (Wildman–Crippen MR) is 349 cm³/mol. The Bertz CT molecular complexity index is 2640. The van der Waals surface area contributed by atoms with Gasteiger partial charge in [-0.1, -0.05) is 88.3 Å². The van der Waals surface area contributed by atoms with Crippen LogP contribution in [-0.4, -0.2) is 271 Å². The smallest absolute Gasteiger partial charge is 0.248 e. The van der Waals surface area contributed by atoms with Crippen LogP contribution in [0.1, 0.15) is 143 Å². The van der Waals surface area contributed by atoms with Crippen molar-refractivity contribution in [3.05, 3.63) is 12.2 Å². The van der Waals surface area contributed by atoms with E-state index in [4.69, 9.17) is 9.47 Å². The van der Waals surface area contributed by atoms with Crippen molar-refractivity contribution in [3.8, 4) is 0 Å². The molecule has 17 atom stereocenters. The van der Waals surface area contributed by atoms with Crippen LogP contribution in [-0.2, 0) is 62.2 Å². The van der Waals surface area contributed by atoms with Crippen LogP contribution >= 0.6 is 0 Å². The Labute approximate surface area is 548 Å². The highest BCUT2D eigenvalue weighted by Gasteiger charge is 2.54. The van der Waals surface area contributed by atoms with Gasteiger partial charge < -0.3 is 65.0 Å². The molecule has 11 amide bonds. The number of nitrogens with zero attached hydrogens (tertiary/aromatic N) is 8. The van der Waals surface area contributed by atoms with Gasteiger partial charge in [-0.15, -0.1) is 0 Å². The summed E-state index contributed by atoms with van der Waals surface area (Å²) >= 11 is 0. The SMILES string of the molecule is CC=CCC(C)C1OC(C)C2C(=O)N(C)C1C(=O)NC(CC)C(=O)N(C)C(C)C(=O)N(C)C(C(C)CN1CCNC(=O)C1)C1OC1NC(C(C)C)C(=O)N(C)C(CC(C)C)C(=O)NC(C)C(=O)NC(C)C(=O)N(C)C(CC(C)C)C(=O)N(C)C(CC(C)C)C(=O)N2C. The molecule has 522 valence electrons. The lowest BCUT2D eigenvalue weighted by atomic mass is 9.92. The number of hydrogen-bond donors (Lipinski definition) is 5. The standard InChI is InChI=1S/C66H115N13O13/c1-24-26-27-39(11)54-53-58(83)70-45(25-2)62(86)72(17)43(15)61(85)76(21)51(40(12)33-79-29-28-67-49(80)34-79)55-59(92-55)71-50(38(9)10)65(89)73(18)46(30-35(3)4)57(82)68-41(13)56(81)69-42(14)60(84)74(19)47(31-36(5)6)63(87)75(20)48(32-37(7)8)64(88)77(22)52(44(16)91-54)66(90)78(53)23/h24,26,35-48,50-55,59,71H,25,27-34H2,1-23H3,(H,67,80)(H,68,82)(H,69,81)(H,70,83). The minimum atomic E-state index is -1.32. The first-order valence-corrected chi connectivity index (χ1v) is 33.3. The highest BCUT2D eigenvalue weighted by atomic mass is 16.6. The molecule has 0 aliphatic carbocycles. The van der Waals surface area contributed by atoms with Crippen LogP contribution in [0.5, 0.6) is 0 Å². The van der Waals surface area contributed by atoms with E-state index >= 15 is 24.0 Å². The zero-order chi connectivity index (χ0) is 69.8. The van der Waals surface area contributed by atoms with E-state index in [0.29, 0.717) is 26.1 Å². The van der Waals surface area contributed by atoms with E-state index < -0.39 is 156 Å². The van der Waals surface area contributed by atoms with Crippen LogP contribution in [0, 0.1) is 35.5 Å². The van der Waals surface area contributed by atoms with Gasteiger partial charge in [0.05, 0.1) is 30.8 Å². The summed E-state index contributed by atoms with van der Waals surface area (Å²) in [6.45, 7) is 30.2. The molecule has 4 rings (SSSR count). The first-order valence-electron chi connectivity index (χ1n) is 33.3. The Morgan fingerprint density at radius 3 is 1.59 bits per heavy atom. The third-order valence-corrected chi connectivity index (χ3v) is 18.9. The largest absolute Gasteiger partial charge is 0.370 e. The summed E-state index contributed by atoms with van der Waals surface area (Å²) in [5.41, 5.74) is 0. The normalized spacial score (nSPS) is 32.0. The second-order valence-electron chi connectivity index (χ2n) is 28.1. The first kappa shape index (κ1) is 78.2. The van der Waals surface area contributed by atoms with Gasteiger partial charge in [-0.3, -0.25) is 63.0 Å². The lowest BCUT2D eigenvalue weighted by Crippen LogP contribution is -2.62. The van der Waals surface area contributed by atoms with E-state index in [1.165, 1.54) is 85.5 Å². The van der Waals surface area contributed by atoms with Gasteiger partial charge in [-0.25, -0.2) is 0 Å². The predicted octanol–water partition coefficient (Wildman–Crippen LogP) is 1.65. The van der Waals surface area contributed by atoms with Crippen molar-refractivity contribution in [3.63, 3.8) is 0 Å². The van der Waals surface area contributed by atoms with Gasteiger partial charge in [0, 0.05) is 69.0 Å². The summed E-state index contributed by atoms with van der Waals surface area (Å²) in [5, 5.41) is 14.6. The molecule has 0 aromatic heterocycles. The summed E-state index contributed by atoms with van der Waals surface area (Å²) in [4.78, 5) is 172. The second kappa shape index (κ2) is 34.2. The Kier molecular flexibility index (Phi) is 29.1. The maximum Gasteiger partial charge on any atom is 0.248 e. The highest BCUT2D eigenvalue weighted by Crippen LogP contribution is 2.34. The Balaban J connectivity index is 1.89. The molecule has 26 heteroatoms. The molecule has 26 nitrogen and oxygen atoms in total. The summed E-state index contributed by atoms with van der Waals surface area (Å²) < 4.78 is 13.2. The number of allylic oxidation sites excluding steroid dienone is 2. The number of piperazine rings is 1. The van der Waals surface area contributed by atoms with Gasteiger partial charge in [0.15, 0.2) is 0 Å². The summed E-state index contributed by atoms with van der Waals surface area (Å²) in [5.74, 6) is -7.50. The number of fused-ring (bicyclic) bond motifs is 4. The molecular formula is C66H115N13O13. The van der Waals surface area contributed by atoms with Crippen LogP contribution in [0.25, 0.3) is 0 Å². The lowest BCUT2D eigenvalue weighted by molar-refractivity contribution is -0.155. The molecule has 0 aromatic carbocycles. The highest BCUT2D eigenvalue weighted by molar-refractivity contribution is 5.99. The molecule has 4 aliphatic heterocycles. The molecule has 5 N–H and O–H groups in total. The van der Waals surface area contributed by atoms with E-state index in [0.717, 1.165) is 0 Å². The molecule has 4 aliphatic rings. The van der Waals surface area contributed by atoms with Crippen molar-refractivity contribution in [1.29, 1.82) is 0 Å². The molecule has 4 heterocycles. The second-order valence-corrected chi connectivity index (χ2v) is 28.1. The fourth-order valence-electron chi connectivity index (χ4n) is 13.1. The van der Waals surface area contributed by atoms with Crippen molar-refractivity contribution in [2.45, 2.75) is 234 Å². The minimum Gasteiger partial charge on any atom is -0.370 e. The molecule has 4 saturated heterocycles. The third kappa shape index (κ3) is 19.4. The van der Waals surface area contributed by atoms with E-state index in [9.17, 15) is 28.8 Å². The first-order chi connectivity index (χ1) is 42.8. The number of nitrogens with one attached hydrogen (secondary N) is 5. The van der Waals surface area contributed by atoms with Crippen LogP contribution in [0.2, 0.25) is 0 Å². The van der Waals surface area contributed by atoms with Gasteiger partial charge in [-0.2, -0.15) is 0 Å². The average molecular weight is 1300 g/mol. The van der Waals surface area contributed by atoms with Crippen molar-refractivity contribution < 1.29 is 62.2 Å². The average Bonchev–Trinajstić information content (AvgIpc) is 1.76. The van der Waals surface area contributed by atoms with Crippen molar-refractivity contribution in [2.24, 2.45) is 35.5 Å². The molecule has 92 heavy (non-hydrogen) atoms. The molecule has 17 unspecified atom stereocenters. The lowest BCUT2D eigenvalue weighted by Gasteiger charge is -2.39. The summed E-state index contributed by atoms with van der Waals surface area (Å²) in [6.07, 6.45) is 1.43. The number of amides is 11. The number of hydrogen-bond acceptors (Lipinski definition) is 15. The molecule has 0 saturated carbocycles. The molecule has 2 bridgehead atoms. The Morgan fingerprint density at radius 2 is 1.05 bits per heavy atom. The molecule has 0 spiro atoms. The number of epoxide rings is 1. The fraction of sp³-hybridized carbons (Fsp3) is 0.803. The number of likely N-dealkylation sites (N-methyl/N-ethyl adjacent to an activating group) is 7. The van der Waals surface area contributed by atoms with Gasteiger partial charge in [0.25, 0.3) is 0 Å². The van der Waals surface area contributed by atoms with Gasteiger partial charge in [0.1, 0.15) is 66.7 Å². The third-order valence-electron chi connectivity index (χ3n) is 18.9. The molecule has 4 fully saturated rings. The van der Waals surface area contributed by atoms with Gasteiger partial charge in [-0.05, 0) is 102 Å². The van der Waals surface area contributed by atoms with Gasteiger partial charge in [0.2, 0.25) is 65.0 Å². The number of carbonyl (C=O) groups excluding carboxylic acids is 11. The van der Waals surface area contributed by atoms with Crippen LogP contribution in [0.15, 0.2) is 12.2 Å². The van der Waals surface area contributed by atoms with E-state index in [1.54, 1.807) is 32.7 Å². The number of rotatable bonds is 14. The zero-order valence-corrected chi connectivity index (χ0v) is 59.5. The summed E-state index contributed by atoms with van der Waals surface area (Å²) in [7, 11) is 10.5. The maximum atomic E-state index is 15.3. The van der Waals surface area contributed by atoms with Crippen LogP contribution < -0.4 is 26.6 Å². The van der Waals surface area contributed by atoms with Crippen molar-refractivity contribution in [2.75, 3.05) is 75.5 Å². The Morgan fingerprint density at radius 1 is 0.533 bits per heavy atom. The van der Waals surface area contributed by atoms with Crippen LogP contribution in [0.3, 0.4) is 0 Å². The zero-order valence-electron chi connectivity index (χ0n) is 59.5. The summed E-state index contributed by atoms with van der Waals surface area (Å²) in [6, 6.07) is -12.3. The van der Waals surface area contributed by atoms with Crippen molar-refractivity contribution >= 4 is 65.0 Å². The van der Waals surface area contributed by atoms with Crippen LogP contribution in [0.4, 0.5) is 0 Å². The fourth-order valence-corrected chi connectivity index (χ4v) is 13.1. The topological polar surface area (TPSA) is 296 Å². The van der Waals surface area contributed by atoms with Crippen molar-refractivity contribution in [1.82, 2.24) is 65.8 Å². The minimum absolute atomic E-state index is 0.0883. The van der Waals surface area contributed by atoms with E-state index in [-0.39, 0.29) is 67.7 Å². The quantitative estimate of drug-likeness (QED) is 0.122. The monoisotopic (exact) mass is 1300 g/mol. The Hall–Kier alpha value is -6.25. The molecular weight excluding hydrogens is 1180 g/mol. The molecule has 0 radical (unpaired) electrons. The van der Waals surface area contributed by atoms with E-state index in [2.05, 4.69) is 26.6 Å².